The molecule has 1 aromatic carbocycles. The first-order valence-corrected chi connectivity index (χ1v) is 6.78. The van der Waals surface area contributed by atoms with E-state index in [-0.39, 0.29) is 0 Å². The number of aromatic amines is 1. The highest BCUT2D eigenvalue weighted by Crippen LogP contribution is 2.35. The van der Waals surface area contributed by atoms with Crippen LogP contribution in [-0.2, 0) is 9.59 Å². The summed E-state index contributed by atoms with van der Waals surface area (Å²) in [6, 6.07) is 7.29. The Kier molecular flexibility index (Phi) is 3.71. The van der Waals surface area contributed by atoms with E-state index in [0.717, 1.165) is 17.3 Å². The number of para-hydroxylation sites is 2. The number of nitrogens with zero attached hydrogens (tertiary/aromatic N) is 1. The molecule has 3 N–H and O–H groups in total. The molecule has 0 fully saturated rings. The molecular formula is C13H14N2O4S. The third kappa shape index (κ3) is 2.62. The van der Waals surface area contributed by atoms with Gasteiger partial charge < -0.3 is 15.2 Å². The summed E-state index contributed by atoms with van der Waals surface area (Å²) in [5.74, 6) is -2.34. The second kappa shape index (κ2) is 5.16. The maximum absolute atomic E-state index is 11.3. The van der Waals surface area contributed by atoms with Gasteiger partial charge in [-0.2, -0.15) is 0 Å². The van der Waals surface area contributed by atoms with E-state index in [1.807, 2.05) is 18.2 Å². The van der Waals surface area contributed by atoms with Gasteiger partial charge in [0.1, 0.15) is 5.25 Å². The predicted octanol–water partition coefficient (Wildman–Crippen LogP) is 2.22. The van der Waals surface area contributed by atoms with Crippen molar-refractivity contribution in [3.05, 3.63) is 24.3 Å². The lowest BCUT2D eigenvalue weighted by Crippen LogP contribution is -2.40. The zero-order valence-electron chi connectivity index (χ0n) is 11.0. The highest BCUT2D eigenvalue weighted by molar-refractivity contribution is 8.00. The quantitative estimate of drug-likeness (QED) is 0.731. The molecule has 0 aliphatic rings. The van der Waals surface area contributed by atoms with Gasteiger partial charge in [-0.05, 0) is 26.0 Å². The molecule has 0 aliphatic carbocycles. The number of aliphatic carboxylic acids is 2. The molecule has 0 bridgehead atoms. The van der Waals surface area contributed by atoms with Crippen LogP contribution >= 0.6 is 11.8 Å². The van der Waals surface area contributed by atoms with Crippen LogP contribution < -0.4 is 0 Å². The number of nitrogens with one attached hydrogen (secondary N) is 1. The number of thioether (sulfide) groups is 1. The number of imidazole rings is 1. The Morgan fingerprint density at radius 2 is 1.95 bits per heavy atom. The van der Waals surface area contributed by atoms with E-state index in [2.05, 4.69) is 9.97 Å². The molecule has 0 saturated heterocycles. The molecule has 1 aromatic heterocycles. The van der Waals surface area contributed by atoms with Crippen LogP contribution in [0.15, 0.2) is 29.4 Å². The van der Waals surface area contributed by atoms with Crippen molar-refractivity contribution in [1.29, 1.82) is 0 Å². The van der Waals surface area contributed by atoms with Crippen LogP contribution in [0.5, 0.6) is 0 Å². The summed E-state index contributed by atoms with van der Waals surface area (Å²) in [7, 11) is 0. The molecule has 0 radical (unpaired) electrons. The maximum atomic E-state index is 11.3. The van der Waals surface area contributed by atoms with Gasteiger partial charge >= 0.3 is 11.9 Å². The highest BCUT2D eigenvalue weighted by Gasteiger charge is 2.43. The zero-order chi connectivity index (χ0) is 14.9. The Labute approximate surface area is 119 Å². The Bertz CT molecular complexity index is 632. The van der Waals surface area contributed by atoms with E-state index >= 15 is 0 Å². The van der Waals surface area contributed by atoms with Gasteiger partial charge in [-0.3, -0.25) is 9.59 Å². The first-order valence-electron chi connectivity index (χ1n) is 5.90. The van der Waals surface area contributed by atoms with Gasteiger partial charge in [-0.15, -0.1) is 0 Å². The van der Waals surface area contributed by atoms with Crippen molar-refractivity contribution in [2.45, 2.75) is 24.3 Å². The molecular weight excluding hydrogens is 280 g/mol. The number of rotatable bonds is 5. The van der Waals surface area contributed by atoms with Crippen molar-refractivity contribution >= 4 is 34.7 Å². The van der Waals surface area contributed by atoms with Crippen LogP contribution in [0.1, 0.15) is 13.8 Å². The van der Waals surface area contributed by atoms with Crippen molar-refractivity contribution in [2.24, 2.45) is 5.41 Å². The van der Waals surface area contributed by atoms with Crippen LogP contribution in [0, 0.1) is 5.41 Å². The molecule has 106 valence electrons. The zero-order valence-corrected chi connectivity index (χ0v) is 11.8. The van der Waals surface area contributed by atoms with E-state index in [4.69, 9.17) is 0 Å². The van der Waals surface area contributed by atoms with Gasteiger partial charge in [0.15, 0.2) is 5.16 Å². The first-order chi connectivity index (χ1) is 9.32. The molecule has 2 rings (SSSR count). The van der Waals surface area contributed by atoms with E-state index < -0.39 is 22.6 Å². The summed E-state index contributed by atoms with van der Waals surface area (Å²) in [6.45, 7) is 2.79. The minimum Gasteiger partial charge on any atom is -0.481 e. The average molecular weight is 294 g/mol. The van der Waals surface area contributed by atoms with Crippen LogP contribution in [0.4, 0.5) is 0 Å². The Morgan fingerprint density at radius 3 is 2.50 bits per heavy atom. The molecule has 6 nitrogen and oxygen atoms in total. The number of carbonyl (C=O) groups is 2. The fourth-order valence-electron chi connectivity index (χ4n) is 1.72. The summed E-state index contributed by atoms with van der Waals surface area (Å²) in [5.41, 5.74) is 0.0923. The number of benzene rings is 1. The summed E-state index contributed by atoms with van der Waals surface area (Å²) in [6.07, 6.45) is 0. The highest BCUT2D eigenvalue weighted by atomic mass is 32.2. The van der Waals surface area contributed by atoms with E-state index in [1.54, 1.807) is 6.07 Å². The van der Waals surface area contributed by atoms with E-state index in [9.17, 15) is 19.8 Å². The third-order valence-corrected chi connectivity index (χ3v) is 4.47. The van der Waals surface area contributed by atoms with Gasteiger partial charge in [0, 0.05) is 0 Å². The number of hydrogen-bond acceptors (Lipinski definition) is 4. The second-order valence-corrected chi connectivity index (χ2v) is 6.02. The van der Waals surface area contributed by atoms with Crippen LogP contribution in [0.2, 0.25) is 0 Å². The van der Waals surface area contributed by atoms with Crippen molar-refractivity contribution in [1.82, 2.24) is 9.97 Å². The fraction of sp³-hybridized carbons (Fsp3) is 0.308. The molecule has 2 aromatic rings. The van der Waals surface area contributed by atoms with Crippen molar-refractivity contribution in [3.8, 4) is 0 Å². The van der Waals surface area contributed by atoms with E-state index in [1.165, 1.54) is 13.8 Å². The van der Waals surface area contributed by atoms with Gasteiger partial charge in [0.25, 0.3) is 0 Å². The van der Waals surface area contributed by atoms with E-state index in [0.29, 0.717) is 10.7 Å². The van der Waals surface area contributed by atoms with Gasteiger partial charge in [0.05, 0.1) is 16.4 Å². The summed E-state index contributed by atoms with van der Waals surface area (Å²) in [4.78, 5) is 29.8. The lowest BCUT2D eigenvalue weighted by atomic mass is 9.89. The molecule has 0 saturated carbocycles. The van der Waals surface area contributed by atoms with Gasteiger partial charge in [-0.25, -0.2) is 4.98 Å². The van der Waals surface area contributed by atoms with Crippen molar-refractivity contribution in [2.75, 3.05) is 0 Å². The number of H-pyrrole nitrogens is 1. The summed E-state index contributed by atoms with van der Waals surface area (Å²) in [5, 5.41) is 17.7. The Morgan fingerprint density at radius 1 is 1.30 bits per heavy atom. The number of carboxylic acids is 2. The molecule has 1 atom stereocenters. The molecule has 1 unspecified atom stereocenters. The summed E-state index contributed by atoms with van der Waals surface area (Å²) < 4.78 is 0. The normalized spacial score (nSPS) is 13.3. The molecule has 0 amide bonds. The maximum Gasteiger partial charge on any atom is 0.318 e. The van der Waals surface area contributed by atoms with Crippen molar-refractivity contribution < 1.29 is 19.8 Å². The number of carboxylic acid groups (broad SMARTS) is 2. The second-order valence-electron chi connectivity index (χ2n) is 4.92. The minimum atomic E-state index is -1.41. The van der Waals surface area contributed by atoms with Crippen LogP contribution in [0.3, 0.4) is 0 Å². The average Bonchev–Trinajstić information content (AvgIpc) is 2.77. The lowest BCUT2D eigenvalue weighted by molar-refractivity contribution is -0.152. The number of fused-ring (bicyclic) bond motifs is 1. The molecule has 20 heavy (non-hydrogen) atoms. The number of aromatic nitrogens is 2. The molecule has 7 heteroatoms. The Hall–Kier alpha value is -2.02. The summed E-state index contributed by atoms with van der Waals surface area (Å²) >= 11 is 0.911. The van der Waals surface area contributed by atoms with Gasteiger partial charge in [-0.1, -0.05) is 23.9 Å². The smallest absolute Gasteiger partial charge is 0.318 e. The number of hydrogen-bond donors (Lipinski definition) is 3. The molecule has 1 heterocycles. The monoisotopic (exact) mass is 294 g/mol. The topological polar surface area (TPSA) is 103 Å². The Balaban J connectivity index is 2.33. The first kappa shape index (κ1) is 14.4. The van der Waals surface area contributed by atoms with Crippen LogP contribution in [0.25, 0.3) is 11.0 Å². The third-order valence-electron chi connectivity index (χ3n) is 3.03. The lowest BCUT2D eigenvalue weighted by Gasteiger charge is -2.25. The van der Waals surface area contributed by atoms with Crippen molar-refractivity contribution in [3.63, 3.8) is 0 Å². The molecule has 0 spiro atoms. The minimum absolute atomic E-state index is 0.396. The van der Waals surface area contributed by atoms with Gasteiger partial charge in [0.2, 0.25) is 0 Å². The molecule has 0 aliphatic heterocycles. The standard InChI is InChI=1S/C13H14N2O4S/c1-13(2,11(18)19)9(10(16)17)20-12-14-7-5-3-4-6-8(7)15-12/h3-6,9H,1-2H3,(H,14,15)(H,16,17)(H,18,19). The predicted molar refractivity (Wildman–Crippen MR) is 74.8 cm³/mol. The van der Waals surface area contributed by atoms with Crippen LogP contribution in [-0.4, -0.2) is 37.4 Å². The largest absolute Gasteiger partial charge is 0.481 e. The SMILES string of the molecule is CC(C)(C(=O)O)C(Sc1nc2ccccc2[nH]1)C(=O)O. The fourth-order valence-corrected chi connectivity index (χ4v) is 2.75.